The first-order valence-corrected chi connectivity index (χ1v) is 4.79. The zero-order valence-electron chi connectivity index (χ0n) is 7.77. The van der Waals surface area contributed by atoms with Crippen molar-refractivity contribution < 1.29 is 19.7 Å². The summed E-state index contributed by atoms with van der Waals surface area (Å²) in [5, 5.41) is 18.9. The molecule has 0 aromatic heterocycles. The van der Waals surface area contributed by atoms with Gasteiger partial charge in [-0.25, -0.2) is 0 Å². The van der Waals surface area contributed by atoms with Crippen LogP contribution in [0.3, 0.4) is 0 Å². The third kappa shape index (κ3) is 1.22. The molecule has 1 spiro atoms. The summed E-state index contributed by atoms with van der Waals surface area (Å²) >= 11 is 0. The molecule has 2 aliphatic heterocycles. The van der Waals surface area contributed by atoms with Gasteiger partial charge in [0.1, 0.15) is 25.7 Å². The lowest BCUT2D eigenvalue weighted by atomic mass is 9.78. The predicted molar refractivity (Wildman–Crippen MR) is 48.2 cm³/mol. The highest BCUT2D eigenvalue weighted by molar-refractivity contribution is 6.12. The molecular weight excluding hydrogens is 171 g/mol. The van der Waals surface area contributed by atoms with E-state index in [4.69, 9.17) is 14.6 Å². The van der Waals surface area contributed by atoms with Crippen LogP contribution >= 0.6 is 0 Å². The molecule has 0 aliphatic carbocycles. The molecule has 74 valence electrons. The second kappa shape index (κ2) is 3.24. The Hall–Kier alpha value is -0.0951. The van der Waals surface area contributed by atoms with Crippen LogP contribution in [0.2, 0.25) is 0 Å². The van der Waals surface area contributed by atoms with E-state index < -0.39 is 17.8 Å². The highest BCUT2D eigenvalue weighted by atomic mass is 16.6. The van der Waals surface area contributed by atoms with E-state index in [9.17, 15) is 5.11 Å². The van der Waals surface area contributed by atoms with E-state index >= 15 is 0 Å². The Morgan fingerprint density at radius 1 is 1.54 bits per heavy atom. The molecule has 0 saturated carbocycles. The fourth-order valence-corrected chi connectivity index (χ4v) is 2.39. The average Bonchev–Trinajstić information content (AvgIpc) is 2.69. The molecule has 0 amide bonds. The Balaban J connectivity index is 2.18. The van der Waals surface area contributed by atoms with Gasteiger partial charge in [0.25, 0.3) is 0 Å². The van der Waals surface area contributed by atoms with Crippen molar-refractivity contribution in [2.75, 3.05) is 13.2 Å². The number of ether oxygens (including phenoxy) is 2. The van der Waals surface area contributed by atoms with Crippen LogP contribution in [0.4, 0.5) is 0 Å². The van der Waals surface area contributed by atoms with Crippen molar-refractivity contribution in [1.29, 1.82) is 0 Å². The Labute approximate surface area is 78.2 Å². The van der Waals surface area contributed by atoms with Crippen LogP contribution in [0.25, 0.3) is 0 Å². The van der Waals surface area contributed by atoms with E-state index in [0.717, 1.165) is 12.8 Å². The molecule has 2 N–H and O–H groups in total. The third-order valence-corrected chi connectivity index (χ3v) is 3.18. The summed E-state index contributed by atoms with van der Waals surface area (Å²) in [4.78, 5) is 0. The summed E-state index contributed by atoms with van der Waals surface area (Å²) in [6.07, 6.45) is 0.623. The Morgan fingerprint density at radius 2 is 2.31 bits per heavy atom. The van der Waals surface area contributed by atoms with Gasteiger partial charge in [-0.1, -0.05) is 0 Å². The molecule has 2 saturated heterocycles. The van der Waals surface area contributed by atoms with Crippen molar-refractivity contribution in [3.05, 3.63) is 0 Å². The van der Waals surface area contributed by atoms with Gasteiger partial charge in [-0.2, -0.15) is 0 Å². The van der Waals surface area contributed by atoms with E-state index in [1.807, 2.05) is 7.85 Å². The lowest BCUT2D eigenvalue weighted by Crippen LogP contribution is -2.48. The highest BCUT2D eigenvalue weighted by Crippen LogP contribution is 2.40. The molecule has 0 radical (unpaired) electrons. The number of hydrogen-bond acceptors (Lipinski definition) is 4. The van der Waals surface area contributed by atoms with E-state index in [1.54, 1.807) is 0 Å². The summed E-state index contributed by atoms with van der Waals surface area (Å²) in [5.41, 5.74) is -0.548. The second-order valence-electron chi connectivity index (χ2n) is 3.85. The number of aliphatic hydroxyl groups excluding tert-OH is 2. The molecular formula is C8H15BO4. The maximum atomic E-state index is 9.90. The first-order valence-electron chi connectivity index (χ1n) is 4.79. The Kier molecular flexibility index (Phi) is 2.36. The highest BCUT2D eigenvalue weighted by Gasteiger charge is 2.56. The van der Waals surface area contributed by atoms with Gasteiger partial charge < -0.3 is 19.7 Å². The average molecular weight is 186 g/mol. The van der Waals surface area contributed by atoms with E-state index in [-0.39, 0.29) is 12.6 Å². The van der Waals surface area contributed by atoms with Gasteiger partial charge in [0, 0.05) is 6.61 Å². The van der Waals surface area contributed by atoms with E-state index in [2.05, 4.69) is 0 Å². The standard InChI is InChI=1S/C8H15BO4/c9-7-8(2-1-3-12-8)6(11)5(4-10)13-7/h5-7,10-11H,1-4,9H2/t5?,6-,7?,8-/m1/s1. The van der Waals surface area contributed by atoms with Gasteiger partial charge in [0.05, 0.1) is 12.6 Å². The predicted octanol–water partition coefficient (Wildman–Crippen LogP) is -1.75. The normalized spacial score (nSPS) is 50.5. The van der Waals surface area contributed by atoms with Gasteiger partial charge in [0.15, 0.2) is 0 Å². The van der Waals surface area contributed by atoms with Crippen molar-refractivity contribution in [2.45, 2.75) is 36.7 Å². The summed E-state index contributed by atoms with van der Waals surface area (Å²) < 4.78 is 11.0. The quantitative estimate of drug-likeness (QED) is 0.476. The molecule has 0 aromatic rings. The SMILES string of the molecule is BC1OC(CO)[C@@H](O)[C@]12CCCO2. The van der Waals surface area contributed by atoms with Crippen molar-refractivity contribution in [3.63, 3.8) is 0 Å². The van der Waals surface area contributed by atoms with E-state index in [0.29, 0.717) is 6.61 Å². The lowest BCUT2D eigenvalue weighted by Gasteiger charge is -2.29. The van der Waals surface area contributed by atoms with Crippen molar-refractivity contribution in [1.82, 2.24) is 0 Å². The molecule has 2 rings (SSSR count). The van der Waals surface area contributed by atoms with Crippen molar-refractivity contribution in [2.24, 2.45) is 0 Å². The second-order valence-corrected chi connectivity index (χ2v) is 3.85. The zero-order chi connectivity index (χ0) is 9.47. The number of rotatable bonds is 1. The Bertz CT molecular complexity index is 193. The number of hydrogen-bond donors (Lipinski definition) is 2. The molecule has 2 unspecified atom stereocenters. The summed E-state index contributed by atoms with van der Waals surface area (Å²) in [5.74, 6) is 0. The van der Waals surface area contributed by atoms with Gasteiger partial charge in [-0.3, -0.25) is 0 Å². The topological polar surface area (TPSA) is 58.9 Å². The van der Waals surface area contributed by atoms with Crippen LogP contribution in [0.15, 0.2) is 0 Å². The van der Waals surface area contributed by atoms with Crippen LogP contribution in [-0.2, 0) is 9.47 Å². The first kappa shape index (κ1) is 9.46. The van der Waals surface area contributed by atoms with Gasteiger partial charge in [-0.15, -0.1) is 0 Å². The smallest absolute Gasteiger partial charge is 0.143 e. The lowest BCUT2D eigenvalue weighted by molar-refractivity contribution is -0.0761. The zero-order valence-corrected chi connectivity index (χ0v) is 7.77. The van der Waals surface area contributed by atoms with Crippen LogP contribution < -0.4 is 0 Å². The summed E-state index contributed by atoms with van der Waals surface area (Å²) in [6.45, 7) is 0.541. The minimum absolute atomic E-state index is 0.123. The third-order valence-electron chi connectivity index (χ3n) is 3.18. The van der Waals surface area contributed by atoms with Crippen molar-refractivity contribution >= 4 is 7.85 Å². The molecule has 0 aromatic carbocycles. The van der Waals surface area contributed by atoms with Gasteiger partial charge >= 0.3 is 0 Å². The maximum Gasteiger partial charge on any atom is 0.143 e. The van der Waals surface area contributed by atoms with Crippen LogP contribution in [0, 0.1) is 0 Å². The van der Waals surface area contributed by atoms with Crippen molar-refractivity contribution in [3.8, 4) is 0 Å². The van der Waals surface area contributed by atoms with Gasteiger partial charge in [0.2, 0.25) is 0 Å². The van der Waals surface area contributed by atoms with Crippen LogP contribution in [0.1, 0.15) is 12.8 Å². The molecule has 2 aliphatic rings. The summed E-state index contributed by atoms with van der Waals surface area (Å²) in [7, 11) is 1.89. The summed E-state index contributed by atoms with van der Waals surface area (Å²) in [6, 6.07) is -0.123. The van der Waals surface area contributed by atoms with Crippen LogP contribution in [-0.4, -0.2) is 55.1 Å². The first-order chi connectivity index (χ1) is 6.20. The monoisotopic (exact) mass is 186 g/mol. The molecule has 4 atom stereocenters. The van der Waals surface area contributed by atoms with E-state index in [1.165, 1.54) is 0 Å². The molecule has 2 fully saturated rings. The largest absolute Gasteiger partial charge is 0.394 e. The maximum absolute atomic E-state index is 9.90. The molecule has 4 nitrogen and oxygen atoms in total. The minimum Gasteiger partial charge on any atom is -0.394 e. The van der Waals surface area contributed by atoms with Crippen LogP contribution in [0.5, 0.6) is 0 Å². The molecule has 0 bridgehead atoms. The molecule has 2 heterocycles. The van der Waals surface area contributed by atoms with Gasteiger partial charge in [-0.05, 0) is 12.8 Å². The minimum atomic E-state index is -0.685. The molecule has 13 heavy (non-hydrogen) atoms. The molecule has 5 heteroatoms. The fourth-order valence-electron chi connectivity index (χ4n) is 2.39. The fraction of sp³-hybridized carbons (Fsp3) is 1.00. The number of aliphatic hydroxyl groups is 2. The Morgan fingerprint density at radius 3 is 2.77 bits per heavy atom.